The first-order valence-electron chi connectivity index (χ1n) is 5.60. The van der Waals surface area contributed by atoms with Gasteiger partial charge in [-0.1, -0.05) is 23.2 Å². The van der Waals surface area contributed by atoms with Gasteiger partial charge in [0.05, 0.1) is 0 Å². The molecule has 0 atom stereocenters. The van der Waals surface area contributed by atoms with Crippen molar-refractivity contribution in [2.75, 3.05) is 0 Å². The second-order valence-corrected chi connectivity index (χ2v) is 4.79. The minimum Gasteiger partial charge on any atom is -0.486 e. The van der Waals surface area contributed by atoms with Crippen LogP contribution in [0.25, 0.3) is 5.65 Å². The molecular weight excluding hydrogens is 285 g/mol. The molecule has 4 nitrogen and oxygen atoms in total. The Morgan fingerprint density at radius 1 is 1.05 bits per heavy atom. The first-order chi connectivity index (χ1) is 9.20. The number of rotatable bonds is 3. The van der Waals surface area contributed by atoms with Crippen molar-refractivity contribution >= 4 is 28.8 Å². The summed E-state index contributed by atoms with van der Waals surface area (Å²) in [5.41, 5.74) is 0.696. The Bertz CT molecular complexity index is 709. The van der Waals surface area contributed by atoms with Gasteiger partial charge >= 0.3 is 0 Å². The molecule has 2 aromatic heterocycles. The number of ether oxygens (including phenoxy) is 1. The number of halogens is 2. The summed E-state index contributed by atoms with van der Waals surface area (Å²) in [6.45, 7) is 0.293. The minimum atomic E-state index is 0.293. The average Bonchev–Trinajstić information content (AvgIpc) is 2.80. The first kappa shape index (κ1) is 12.3. The van der Waals surface area contributed by atoms with Gasteiger partial charge in [-0.15, -0.1) is 5.10 Å². The van der Waals surface area contributed by atoms with E-state index >= 15 is 0 Å². The average molecular weight is 294 g/mol. The quantitative estimate of drug-likeness (QED) is 0.740. The molecule has 3 rings (SSSR count). The number of pyridine rings is 1. The Hall–Kier alpha value is -1.78. The number of benzene rings is 1. The van der Waals surface area contributed by atoms with Crippen LogP contribution in [0.4, 0.5) is 0 Å². The van der Waals surface area contributed by atoms with E-state index in [1.165, 1.54) is 0 Å². The Morgan fingerprint density at radius 3 is 2.63 bits per heavy atom. The Kier molecular flexibility index (Phi) is 3.27. The third-order valence-corrected chi connectivity index (χ3v) is 3.01. The topological polar surface area (TPSA) is 39.4 Å². The van der Waals surface area contributed by atoms with Crippen LogP contribution in [-0.4, -0.2) is 14.6 Å². The Labute approximate surface area is 119 Å². The standard InChI is InChI=1S/C13H9Cl2N3O/c14-9-1-3-11(4-2-9)19-8-12-16-13-7-10(15)5-6-18(13)17-12/h1-7H,8H2. The van der Waals surface area contributed by atoms with Crippen LogP contribution in [0, 0.1) is 0 Å². The van der Waals surface area contributed by atoms with Crippen LogP contribution in [0.5, 0.6) is 5.75 Å². The summed E-state index contributed by atoms with van der Waals surface area (Å²) in [7, 11) is 0. The molecule has 0 saturated carbocycles. The van der Waals surface area contributed by atoms with Crippen LogP contribution in [-0.2, 0) is 6.61 Å². The van der Waals surface area contributed by atoms with Crippen LogP contribution >= 0.6 is 23.2 Å². The molecule has 2 heterocycles. The highest BCUT2D eigenvalue weighted by molar-refractivity contribution is 6.31. The minimum absolute atomic E-state index is 0.293. The summed E-state index contributed by atoms with van der Waals surface area (Å²) in [5, 5.41) is 5.59. The lowest BCUT2D eigenvalue weighted by atomic mass is 10.3. The third-order valence-electron chi connectivity index (χ3n) is 2.53. The van der Waals surface area contributed by atoms with E-state index in [1.54, 1.807) is 47.1 Å². The molecule has 3 aromatic rings. The van der Waals surface area contributed by atoms with Gasteiger partial charge in [-0.05, 0) is 30.3 Å². The van der Waals surface area contributed by atoms with Gasteiger partial charge in [0, 0.05) is 22.3 Å². The van der Waals surface area contributed by atoms with E-state index in [9.17, 15) is 0 Å². The maximum Gasteiger partial charge on any atom is 0.189 e. The van der Waals surface area contributed by atoms with Crippen molar-refractivity contribution in [1.82, 2.24) is 14.6 Å². The highest BCUT2D eigenvalue weighted by atomic mass is 35.5. The zero-order valence-electron chi connectivity index (χ0n) is 9.75. The molecule has 0 bridgehead atoms. The molecule has 0 N–H and O–H groups in total. The molecule has 0 spiro atoms. The summed E-state index contributed by atoms with van der Waals surface area (Å²) < 4.78 is 7.24. The van der Waals surface area contributed by atoms with E-state index < -0.39 is 0 Å². The van der Waals surface area contributed by atoms with Crippen LogP contribution in [0.2, 0.25) is 10.0 Å². The number of nitrogens with zero attached hydrogens (tertiary/aromatic N) is 3. The molecular formula is C13H9Cl2N3O. The van der Waals surface area contributed by atoms with Gasteiger partial charge < -0.3 is 4.74 Å². The zero-order valence-corrected chi connectivity index (χ0v) is 11.3. The monoisotopic (exact) mass is 293 g/mol. The largest absolute Gasteiger partial charge is 0.486 e. The lowest BCUT2D eigenvalue weighted by Gasteiger charge is -2.02. The smallest absolute Gasteiger partial charge is 0.189 e. The predicted octanol–water partition coefficient (Wildman–Crippen LogP) is 3.62. The lowest BCUT2D eigenvalue weighted by Crippen LogP contribution is -1.97. The van der Waals surface area contributed by atoms with Crippen molar-refractivity contribution in [2.24, 2.45) is 0 Å². The number of hydrogen-bond donors (Lipinski definition) is 0. The highest BCUT2D eigenvalue weighted by Crippen LogP contribution is 2.17. The van der Waals surface area contributed by atoms with Gasteiger partial charge in [0.2, 0.25) is 0 Å². The molecule has 0 radical (unpaired) electrons. The zero-order chi connectivity index (χ0) is 13.2. The van der Waals surface area contributed by atoms with Gasteiger partial charge in [-0.2, -0.15) is 0 Å². The van der Waals surface area contributed by atoms with Crippen molar-refractivity contribution in [2.45, 2.75) is 6.61 Å². The molecule has 0 saturated heterocycles. The van der Waals surface area contributed by atoms with Gasteiger partial charge in [0.1, 0.15) is 12.4 Å². The number of fused-ring (bicyclic) bond motifs is 1. The summed E-state index contributed by atoms with van der Waals surface area (Å²) >= 11 is 11.7. The fourth-order valence-corrected chi connectivity index (χ4v) is 1.92. The normalized spacial score (nSPS) is 10.8. The lowest BCUT2D eigenvalue weighted by molar-refractivity contribution is 0.296. The number of hydrogen-bond acceptors (Lipinski definition) is 3. The molecule has 0 fully saturated rings. The van der Waals surface area contributed by atoms with Gasteiger partial charge in [0.15, 0.2) is 11.5 Å². The fraction of sp³-hybridized carbons (Fsp3) is 0.0769. The summed E-state index contributed by atoms with van der Waals surface area (Å²) in [5.74, 6) is 1.32. The van der Waals surface area contributed by atoms with Crippen molar-refractivity contribution < 1.29 is 4.74 Å². The summed E-state index contributed by atoms with van der Waals surface area (Å²) in [6.07, 6.45) is 1.76. The molecule has 1 aromatic carbocycles. The van der Waals surface area contributed by atoms with Crippen LogP contribution in [0.15, 0.2) is 42.6 Å². The molecule has 0 aliphatic carbocycles. The number of aromatic nitrogens is 3. The van der Waals surface area contributed by atoms with Crippen LogP contribution in [0.3, 0.4) is 0 Å². The van der Waals surface area contributed by atoms with Gasteiger partial charge in [-0.25, -0.2) is 9.50 Å². The van der Waals surface area contributed by atoms with E-state index in [0.717, 1.165) is 5.75 Å². The SMILES string of the molecule is Clc1ccc(OCc2nc3cc(Cl)ccn3n2)cc1. The fourth-order valence-electron chi connectivity index (χ4n) is 1.64. The van der Waals surface area contributed by atoms with E-state index in [1.807, 2.05) is 0 Å². The van der Waals surface area contributed by atoms with Crippen molar-refractivity contribution in [1.29, 1.82) is 0 Å². The molecule has 96 valence electrons. The molecule has 0 unspecified atom stereocenters. The van der Waals surface area contributed by atoms with E-state index in [2.05, 4.69) is 10.1 Å². The molecule has 0 amide bonds. The summed E-state index contributed by atoms with van der Waals surface area (Å²) in [6, 6.07) is 10.7. The van der Waals surface area contributed by atoms with Gasteiger partial charge in [-0.3, -0.25) is 0 Å². The second-order valence-electron chi connectivity index (χ2n) is 3.92. The van der Waals surface area contributed by atoms with Gasteiger partial charge in [0.25, 0.3) is 0 Å². The van der Waals surface area contributed by atoms with Crippen LogP contribution < -0.4 is 4.74 Å². The maximum absolute atomic E-state index is 5.89. The Morgan fingerprint density at radius 2 is 1.84 bits per heavy atom. The van der Waals surface area contributed by atoms with Crippen LogP contribution in [0.1, 0.15) is 5.82 Å². The van der Waals surface area contributed by atoms with E-state index in [4.69, 9.17) is 27.9 Å². The summed E-state index contributed by atoms with van der Waals surface area (Å²) in [4.78, 5) is 4.32. The molecule has 0 aliphatic rings. The Balaban J connectivity index is 1.76. The highest BCUT2D eigenvalue weighted by Gasteiger charge is 2.05. The second kappa shape index (κ2) is 5.07. The first-order valence-corrected chi connectivity index (χ1v) is 6.35. The predicted molar refractivity (Wildman–Crippen MR) is 73.8 cm³/mol. The van der Waals surface area contributed by atoms with E-state index in [0.29, 0.717) is 28.1 Å². The van der Waals surface area contributed by atoms with Crippen molar-refractivity contribution in [3.63, 3.8) is 0 Å². The maximum atomic E-state index is 5.89. The molecule has 6 heteroatoms. The van der Waals surface area contributed by atoms with Crippen molar-refractivity contribution in [3.05, 3.63) is 58.5 Å². The molecule has 19 heavy (non-hydrogen) atoms. The molecule has 0 aliphatic heterocycles. The third kappa shape index (κ3) is 2.80. The van der Waals surface area contributed by atoms with E-state index in [-0.39, 0.29) is 0 Å². The van der Waals surface area contributed by atoms with Crippen molar-refractivity contribution in [3.8, 4) is 5.75 Å².